The average Bonchev–Trinajstić information content (AvgIpc) is 3.46. The maximum atomic E-state index is 13.0. The fourth-order valence-electron chi connectivity index (χ4n) is 4.22. The zero-order valence-corrected chi connectivity index (χ0v) is 18.1. The SMILES string of the molecule is CCOC(=O)C1=C(CN(Cc2ccccc2)[C@@H](CO)C2CC2)NC(=O)N[C@H]1c1ccco1. The molecule has 32 heavy (non-hydrogen) atoms. The molecule has 3 N–H and O–H groups in total. The van der Waals surface area contributed by atoms with Gasteiger partial charge in [-0.2, -0.15) is 0 Å². The van der Waals surface area contributed by atoms with Crippen LogP contribution in [0.5, 0.6) is 0 Å². The Hall–Kier alpha value is -3.10. The van der Waals surface area contributed by atoms with Crippen LogP contribution < -0.4 is 10.6 Å². The Kier molecular flexibility index (Phi) is 6.92. The first-order valence-electron chi connectivity index (χ1n) is 11.0. The van der Waals surface area contributed by atoms with Gasteiger partial charge in [0.15, 0.2) is 0 Å². The van der Waals surface area contributed by atoms with E-state index in [2.05, 4.69) is 15.5 Å². The monoisotopic (exact) mass is 439 g/mol. The minimum atomic E-state index is -0.750. The molecule has 1 aromatic carbocycles. The molecule has 1 aromatic heterocycles. The number of carbonyl (C=O) groups is 2. The zero-order valence-electron chi connectivity index (χ0n) is 18.1. The number of nitrogens with zero attached hydrogens (tertiary/aromatic N) is 1. The zero-order chi connectivity index (χ0) is 22.5. The van der Waals surface area contributed by atoms with Crippen LogP contribution in [0.25, 0.3) is 0 Å². The maximum Gasteiger partial charge on any atom is 0.338 e. The van der Waals surface area contributed by atoms with Gasteiger partial charge >= 0.3 is 12.0 Å². The van der Waals surface area contributed by atoms with Crippen molar-refractivity contribution < 1.29 is 23.8 Å². The second kappa shape index (κ2) is 10.0. The minimum absolute atomic E-state index is 0.00727. The number of hydrogen-bond donors (Lipinski definition) is 3. The smallest absolute Gasteiger partial charge is 0.338 e. The molecular weight excluding hydrogens is 410 g/mol. The molecule has 2 amide bonds. The van der Waals surface area contributed by atoms with Crippen LogP contribution in [0.3, 0.4) is 0 Å². The number of carbonyl (C=O) groups excluding carboxylic acids is 2. The van der Waals surface area contributed by atoms with Crippen LogP contribution in [0.15, 0.2) is 64.4 Å². The fraction of sp³-hybridized carbons (Fsp3) is 0.417. The lowest BCUT2D eigenvalue weighted by Crippen LogP contribution is -2.50. The van der Waals surface area contributed by atoms with E-state index < -0.39 is 18.0 Å². The predicted molar refractivity (Wildman–Crippen MR) is 117 cm³/mol. The van der Waals surface area contributed by atoms with Crippen molar-refractivity contribution in [3.05, 3.63) is 71.3 Å². The Morgan fingerprint density at radius 3 is 2.62 bits per heavy atom. The normalized spacial score (nSPS) is 19.5. The third kappa shape index (κ3) is 5.03. The predicted octanol–water partition coefficient (Wildman–Crippen LogP) is 2.72. The summed E-state index contributed by atoms with van der Waals surface area (Å²) in [4.78, 5) is 27.6. The van der Waals surface area contributed by atoms with Crippen molar-refractivity contribution in [3.63, 3.8) is 0 Å². The number of urea groups is 1. The van der Waals surface area contributed by atoms with Gasteiger partial charge in [0.1, 0.15) is 11.8 Å². The molecule has 1 aliphatic carbocycles. The molecule has 0 radical (unpaired) electrons. The van der Waals surface area contributed by atoms with Crippen molar-refractivity contribution in [2.45, 2.75) is 38.4 Å². The highest BCUT2D eigenvalue weighted by Gasteiger charge is 2.39. The van der Waals surface area contributed by atoms with Gasteiger partial charge in [-0.05, 0) is 43.4 Å². The molecule has 0 bridgehead atoms. The van der Waals surface area contributed by atoms with Crippen LogP contribution in [0, 0.1) is 5.92 Å². The molecule has 2 atom stereocenters. The largest absolute Gasteiger partial charge is 0.467 e. The lowest BCUT2D eigenvalue weighted by Gasteiger charge is -2.35. The summed E-state index contributed by atoms with van der Waals surface area (Å²) in [5, 5.41) is 15.7. The summed E-state index contributed by atoms with van der Waals surface area (Å²) in [7, 11) is 0. The summed E-state index contributed by atoms with van der Waals surface area (Å²) in [6.45, 7) is 2.83. The Balaban J connectivity index is 1.71. The summed E-state index contributed by atoms with van der Waals surface area (Å²) < 4.78 is 10.8. The topological polar surface area (TPSA) is 104 Å². The highest BCUT2D eigenvalue weighted by molar-refractivity contribution is 5.95. The van der Waals surface area contributed by atoms with E-state index in [4.69, 9.17) is 9.15 Å². The van der Waals surface area contributed by atoms with E-state index >= 15 is 0 Å². The molecule has 2 heterocycles. The molecule has 2 aromatic rings. The van der Waals surface area contributed by atoms with Crippen molar-refractivity contribution in [1.29, 1.82) is 0 Å². The van der Waals surface area contributed by atoms with Gasteiger partial charge in [-0.15, -0.1) is 0 Å². The van der Waals surface area contributed by atoms with Crippen LogP contribution >= 0.6 is 0 Å². The average molecular weight is 440 g/mol. The highest BCUT2D eigenvalue weighted by Crippen LogP contribution is 2.37. The number of nitrogens with one attached hydrogen (secondary N) is 2. The van der Waals surface area contributed by atoms with Crippen LogP contribution in [0.4, 0.5) is 4.79 Å². The Morgan fingerprint density at radius 1 is 1.22 bits per heavy atom. The quantitative estimate of drug-likeness (QED) is 0.492. The molecule has 0 saturated heterocycles. The lowest BCUT2D eigenvalue weighted by molar-refractivity contribution is -0.139. The second-order valence-corrected chi connectivity index (χ2v) is 8.14. The Labute approximate surface area is 187 Å². The van der Waals surface area contributed by atoms with Crippen LogP contribution in [0.2, 0.25) is 0 Å². The highest BCUT2D eigenvalue weighted by atomic mass is 16.5. The first-order valence-corrected chi connectivity index (χ1v) is 11.0. The van der Waals surface area contributed by atoms with Gasteiger partial charge in [0, 0.05) is 24.8 Å². The summed E-state index contributed by atoms with van der Waals surface area (Å²) in [6, 6.07) is 12.2. The van der Waals surface area contributed by atoms with E-state index in [9.17, 15) is 14.7 Å². The van der Waals surface area contributed by atoms with Gasteiger partial charge in [0.25, 0.3) is 0 Å². The molecule has 1 saturated carbocycles. The van der Waals surface area contributed by atoms with Crippen LogP contribution in [-0.4, -0.2) is 47.8 Å². The van der Waals surface area contributed by atoms with Gasteiger partial charge in [-0.3, -0.25) is 4.90 Å². The number of hydrogen-bond acceptors (Lipinski definition) is 6. The van der Waals surface area contributed by atoms with E-state index in [0.717, 1.165) is 18.4 Å². The van der Waals surface area contributed by atoms with Crippen molar-refractivity contribution in [1.82, 2.24) is 15.5 Å². The maximum absolute atomic E-state index is 13.0. The van der Waals surface area contributed by atoms with E-state index in [0.29, 0.717) is 29.5 Å². The van der Waals surface area contributed by atoms with Gasteiger partial charge in [-0.1, -0.05) is 30.3 Å². The summed E-state index contributed by atoms with van der Waals surface area (Å²) >= 11 is 0. The van der Waals surface area contributed by atoms with E-state index in [1.807, 2.05) is 30.3 Å². The molecule has 8 nitrogen and oxygen atoms in total. The molecule has 8 heteroatoms. The van der Waals surface area contributed by atoms with E-state index in [1.165, 1.54) is 6.26 Å². The number of amides is 2. The van der Waals surface area contributed by atoms with Gasteiger partial charge in [-0.25, -0.2) is 9.59 Å². The number of benzene rings is 1. The summed E-state index contributed by atoms with van der Waals surface area (Å²) in [6.07, 6.45) is 3.62. The number of furan rings is 1. The molecule has 0 spiro atoms. The fourth-order valence-corrected chi connectivity index (χ4v) is 4.22. The number of aliphatic hydroxyl groups excluding tert-OH is 1. The lowest BCUT2D eigenvalue weighted by atomic mass is 9.99. The first-order chi connectivity index (χ1) is 15.6. The third-order valence-corrected chi connectivity index (χ3v) is 5.89. The molecule has 4 rings (SSSR count). The summed E-state index contributed by atoms with van der Waals surface area (Å²) in [5.74, 6) is 0.340. The third-order valence-electron chi connectivity index (χ3n) is 5.89. The minimum Gasteiger partial charge on any atom is -0.467 e. The second-order valence-electron chi connectivity index (χ2n) is 8.14. The molecule has 2 aliphatic rings. The van der Waals surface area contributed by atoms with E-state index in [-0.39, 0.29) is 25.8 Å². The van der Waals surface area contributed by atoms with Crippen LogP contribution in [0.1, 0.15) is 37.1 Å². The molecule has 1 aliphatic heterocycles. The molecular formula is C24H29N3O5. The number of rotatable bonds is 10. The number of ether oxygens (including phenoxy) is 1. The van der Waals surface area contributed by atoms with Crippen molar-refractivity contribution in [3.8, 4) is 0 Å². The van der Waals surface area contributed by atoms with Gasteiger partial charge in [0.2, 0.25) is 0 Å². The molecule has 0 unspecified atom stereocenters. The van der Waals surface area contributed by atoms with Crippen molar-refractivity contribution >= 4 is 12.0 Å². The Bertz CT molecular complexity index is 953. The van der Waals surface area contributed by atoms with Crippen molar-refractivity contribution in [2.75, 3.05) is 19.8 Å². The van der Waals surface area contributed by atoms with Crippen LogP contribution in [-0.2, 0) is 16.1 Å². The number of aliphatic hydroxyl groups is 1. The van der Waals surface area contributed by atoms with E-state index in [1.54, 1.807) is 19.1 Å². The number of esters is 1. The van der Waals surface area contributed by atoms with Gasteiger partial charge in [0.05, 0.1) is 25.1 Å². The molecule has 170 valence electrons. The first kappa shape index (κ1) is 22.1. The molecule has 1 fully saturated rings. The van der Waals surface area contributed by atoms with Crippen molar-refractivity contribution in [2.24, 2.45) is 5.92 Å². The standard InChI is InChI=1S/C24H29N3O5/c1-2-31-23(29)21-18(25-24(30)26-22(21)20-9-6-12-32-20)14-27(19(15-28)17-10-11-17)13-16-7-4-3-5-8-16/h3-9,12,17,19,22,28H,2,10-11,13-15H2,1H3,(H2,25,26,30)/t19-,22-/m0/s1. The summed E-state index contributed by atoms with van der Waals surface area (Å²) in [5.41, 5.74) is 1.86. The van der Waals surface area contributed by atoms with Gasteiger partial charge < -0.3 is 24.9 Å². The Morgan fingerprint density at radius 2 is 2.00 bits per heavy atom.